The van der Waals surface area contributed by atoms with Gasteiger partial charge in [-0.3, -0.25) is 9.10 Å². The number of carbonyl (C=O) groups excluding carboxylic acids is 1. The van der Waals surface area contributed by atoms with E-state index in [0.29, 0.717) is 23.6 Å². The normalized spacial score (nSPS) is 16.5. The number of anilines is 1. The molecule has 0 aromatic heterocycles. The van der Waals surface area contributed by atoms with E-state index in [4.69, 9.17) is 9.47 Å². The van der Waals surface area contributed by atoms with E-state index in [0.717, 1.165) is 15.4 Å². The minimum absolute atomic E-state index is 0.127. The highest BCUT2D eigenvalue weighted by molar-refractivity contribution is 7.92. The van der Waals surface area contributed by atoms with Gasteiger partial charge >= 0.3 is 0 Å². The Kier molecular flexibility index (Phi) is 6.76. The number of fused-ring (bicyclic) bond motifs is 1. The number of carbonyl (C=O) groups is 1. The highest BCUT2D eigenvalue weighted by atomic mass is 32.2. The summed E-state index contributed by atoms with van der Waals surface area (Å²) in [4.78, 5) is 13.4. The Morgan fingerprint density at radius 2 is 1.77 bits per heavy atom. The Labute approximate surface area is 206 Å². The number of methoxy groups -OCH3 is 1. The fourth-order valence-corrected chi connectivity index (χ4v) is 5.63. The van der Waals surface area contributed by atoms with Crippen LogP contribution in [0.1, 0.15) is 37.4 Å². The fourth-order valence-electron chi connectivity index (χ4n) is 4.21. The first-order chi connectivity index (χ1) is 16.6. The molecule has 1 unspecified atom stereocenters. The lowest BCUT2D eigenvalue weighted by molar-refractivity contribution is -0.120. The molecule has 0 aliphatic carbocycles. The number of nitrogens with zero attached hydrogens (tertiary/aromatic N) is 1. The molecule has 7 nitrogen and oxygen atoms in total. The zero-order valence-electron chi connectivity index (χ0n) is 20.3. The summed E-state index contributed by atoms with van der Waals surface area (Å²) in [6.07, 6.45) is 0.523. The molecular weight excluding hydrogens is 464 g/mol. The summed E-state index contributed by atoms with van der Waals surface area (Å²) < 4.78 is 39.7. The van der Waals surface area contributed by atoms with Gasteiger partial charge in [-0.2, -0.15) is 0 Å². The van der Waals surface area contributed by atoms with E-state index in [-0.39, 0.29) is 17.5 Å². The maximum absolute atomic E-state index is 13.6. The number of sulfonamides is 1. The molecule has 1 aliphatic heterocycles. The second-order valence-corrected chi connectivity index (χ2v) is 11.1. The molecule has 8 heteroatoms. The Morgan fingerprint density at radius 1 is 1.09 bits per heavy atom. The van der Waals surface area contributed by atoms with Gasteiger partial charge in [0.25, 0.3) is 10.0 Å². The van der Waals surface area contributed by atoms with Crippen LogP contribution in [-0.4, -0.2) is 33.6 Å². The molecule has 0 bridgehead atoms. The molecule has 1 amide bonds. The van der Waals surface area contributed by atoms with Gasteiger partial charge in [0, 0.05) is 12.0 Å². The summed E-state index contributed by atoms with van der Waals surface area (Å²) in [5.41, 5.74) is 1.65. The highest BCUT2D eigenvalue weighted by Crippen LogP contribution is 2.41. The van der Waals surface area contributed by atoms with E-state index in [1.54, 1.807) is 61.7 Å². The van der Waals surface area contributed by atoms with Crippen molar-refractivity contribution < 1.29 is 22.7 Å². The monoisotopic (exact) mass is 494 g/mol. The molecule has 1 atom stereocenters. The Morgan fingerprint density at radius 3 is 2.43 bits per heavy atom. The van der Waals surface area contributed by atoms with Gasteiger partial charge in [-0.1, -0.05) is 35.9 Å². The molecule has 1 aliphatic rings. The number of hydrogen-bond acceptors (Lipinski definition) is 5. The maximum Gasteiger partial charge on any atom is 0.264 e. The molecule has 0 saturated heterocycles. The quantitative estimate of drug-likeness (QED) is 0.518. The maximum atomic E-state index is 13.6. The third-order valence-corrected chi connectivity index (χ3v) is 7.74. The average molecular weight is 495 g/mol. The van der Waals surface area contributed by atoms with Crippen molar-refractivity contribution in [1.29, 1.82) is 0 Å². The van der Waals surface area contributed by atoms with Gasteiger partial charge in [-0.25, -0.2) is 8.42 Å². The van der Waals surface area contributed by atoms with Crippen molar-refractivity contribution in [1.82, 2.24) is 5.32 Å². The van der Waals surface area contributed by atoms with Crippen LogP contribution in [0.5, 0.6) is 11.5 Å². The zero-order chi connectivity index (χ0) is 25.2. The minimum atomic E-state index is -3.97. The predicted octanol–water partition coefficient (Wildman–Crippen LogP) is 4.62. The van der Waals surface area contributed by atoms with E-state index in [2.05, 4.69) is 5.32 Å². The Bertz CT molecular complexity index is 1310. The van der Waals surface area contributed by atoms with Gasteiger partial charge in [0.15, 0.2) is 0 Å². The third-order valence-electron chi connectivity index (χ3n) is 5.95. The lowest BCUT2D eigenvalue weighted by Gasteiger charge is -2.38. The van der Waals surface area contributed by atoms with Crippen molar-refractivity contribution in [2.45, 2.75) is 43.7 Å². The standard InChI is InChI=1S/C27H30N2O5S/c1-19-10-13-22(14-11-19)35(31,32)29(20-8-6-5-7-9-20)18-26(30)28-24-17-27(2,3)34-25-15-12-21(33-4)16-23(24)25/h5-16,24H,17-18H2,1-4H3,(H,28,30). The highest BCUT2D eigenvalue weighted by Gasteiger charge is 2.36. The minimum Gasteiger partial charge on any atom is -0.497 e. The first kappa shape index (κ1) is 24.6. The molecule has 3 aromatic rings. The molecule has 35 heavy (non-hydrogen) atoms. The summed E-state index contributed by atoms with van der Waals surface area (Å²) in [5.74, 6) is 0.903. The third kappa shape index (κ3) is 5.43. The zero-order valence-corrected chi connectivity index (χ0v) is 21.1. The van der Waals surface area contributed by atoms with Crippen LogP contribution in [0.4, 0.5) is 5.69 Å². The molecule has 3 aromatic carbocycles. The molecule has 0 spiro atoms. The first-order valence-electron chi connectivity index (χ1n) is 11.4. The molecule has 4 rings (SSSR count). The summed E-state index contributed by atoms with van der Waals surface area (Å²) in [6.45, 7) is 5.44. The number of amides is 1. The van der Waals surface area contributed by atoms with Crippen LogP contribution in [-0.2, 0) is 14.8 Å². The van der Waals surface area contributed by atoms with E-state index >= 15 is 0 Å². The van der Waals surface area contributed by atoms with E-state index in [1.807, 2.05) is 39.0 Å². The Hall–Kier alpha value is -3.52. The lowest BCUT2D eigenvalue weighted by Crippen LogP contribution is -2.45. The predicted molar refractivity (Wildman–Crippen MR) is 135 cm³/mol. The van der Waals surface area contributed by atoms with E-state index in [9.17, 15) is 13.2 Å². The van der Waals surface area contributed by atoms with Gasteiger partial charge in [0.2, 0.25) is 5.91 Å². The van der Waals surface area contributed by atoms with Crippen LogP contribution in [0.15, 0.2) is 77.7 Å². The van der Waals surface area contributed by atoms with Gasteiger partial charge < -0.3 is 14.8 Å². The van der Waals surface area contributed by atoms with Crippen LogP contribution in [0, 0.1) is 6.92 Å². The molecule has 0 saturated carbocycles. The van der Waals surface area contributed by atoms with Gasteiger partial charge in [-0.15, -0.1) is 0 Å². The van der Waals surface area contributed by atoms with Crippen molar-refractivity contribution in [2.75, 3.05) is 18.0 Å². The summed E-state index contributed by atoms with van der Waals surface area (Å²) in [5, 5.41) is 3.03. The van der Waals surface area contributed by atoms with Gasteiger partial charge in [0.05, 0.1) is 23.7 Å². The summed E-state index contributed by atoms with van der Waals surface area (Å²) >= 11 is 0. The van der Waals surface area contributed by atoms with Crippen molar-refractivity contribution >= 4 is 21.6 Å². The van der Waals surface area contributed by atoms with Gasteiger partial charge in [0.1, 0.15) is 23.6 Å². The van der Waals surface area contributed by atoms with Crippen LogP contribution in [0.2, 0.25) is 0 Å². The molecule has 184 valence electrons. The van der Waals surface area contributed by atoms with Crippen LogP contribution < -0.4 is 19.1 Å². The second-order valence-electron chi connectivity index (χ2n) is 9.25. The molecule has 1 N–H and O–H groups in total. The van der Waals surface area contributed by atoms with Crippen molar-refractivity contribution in [3.05, 3.63) is 83.9 Å². The number of hydrogen-bond donors (Lipinski definition) is 1. The first-order valence-corrected chi connectivity index (χ1v) is 12.8. The van der Waals surface area contributed by atoms with Crippen LogP contribution in [0.3, 0.4) is 0 Å². The van der Waals surface area contributed by atoms with E-state index < -0.39 is 21.5 Å². The summed E-state index contributed by atoms with van der Waals surface area (Å²) in [6, 6.07) is 20.4. The van der Waals surface area contributed by atoms with E-state index in [1.165, 1.54) is 0 Å². The van der Waals surface area contributed by atoms with Gasteiger partial charge in [-0.05, 0) is 63.2 Å². The average Bonchev–Trinajstić information content (AvgIpc) is 2.82. The number of aryl methyl sites for hydroxylation is 1. The van der Waals surface area contributed by atoms with Crippen molar-refractivity contribution in [3.8, 4) is 11.5 Å². The molecular formula is C27H30N2O5S. The topological polar surface area (TPSA) is 84.9 Å². The summed E-state index contributed by atoms with van der Waals surface area (Å²) in [7, 11) is -2.39. The fraction of sp³-hybridized carbons (Fsp3) is 0.296. The SMILES string of the molecule is COc1ccc2c(c1)C(NC(=O)CN(c1ccccc1)S(=O)(=O)c1ccc(C)cc1)CC(C)(C)O2. The number of ether oxygens (including phenoxy) is 2. The van der Waals surface area contributed by atoms with Crippen LogP contribution in [0.25, 0.3) is 0 Å². The number of rotatable bonds is 7. The second kappa shape index (κ2) is 9.62. The number of nitrogens with one attached hydrogen (secondary N) is 1. The smallest absolute Gasteiger partial charge is 0.264 e. The van der Waals surface area contributed by atoms with Crippen molar-refractivity contribution in [3.63, 3.8) is 0 Å². The number of benzene rings is 3. The lowest BCUT2D eigenvalue weighted by atomic mass is 9.89. The molecule has 1 heterocycles. The molecule has 0 radical (unpaired) electrons. The van der Waals surface area contributed by atoms with Crippen LogP contribution >= 0.6 is 0 Å². The molecule has 0 fully saturated rings. The largest absolute Gasteiger partial charge is 0.497 e. The van der Waals surface area contributed by atoms with Crippen molar-refractivity contribution in [2.24, 2.45) is 0 Å². The number of para-hydroxylation sites is 1. The Balaban J connectivity index is 1.64.